The summed E-state index contributed by atoms with van der Waals surface area (Å²) < 4.78 is 8.10. The van der Waals surface area contributed by atoms with Crippen molar-refractivity contribution in [3.8, 4) is 0 Å². The number of hydrogen-bond donors (Lipinski definition) is 1. The molecule has 1 heterocycles. The molecular weight excluding hydrogens is 482 g/mol. The van der Waals surface area contributed by atoms with E-state index in [2.05, 4.69) is 0 Å². The van der Waals surface area contributed by atoms with Gasteiger partial charge in [0.1, 0.15) is 5.82 Å². The van der Waals surface area contributed by atoms with Crippen LogP contribution in [0, 0.1) is 24.7 Å². The van der Waals surface area contributed by atoms with Gasteiger partial charge in [-0.2, -0.15) is 0 Å². The fourth-order valence-electron chi connectivity index (χ4n) is 6.62. The zero-order valence-electron chi connectivity index (χ0n) is 21.7. The lowest BCUT2D eigenvalue weighted by atomic mass is 9.69. The minimum absolute atomic E-state index is 0.00566. The normalized spacial score (nSPS) is 30.4. The molecule has 1 aromatic heterocycles. The molecule has 9 heteroatoms. The fraction of sp³-hybridized carbons (Fsp3) is 0.778. The molecule has 8 nitrogen and oxygen atoms in total. The summed E-state index contributed by atoms with van der Waals surface area (Å²) in [5, 5.41) is 9.64. The van der Waals surface area contributed by atoms with Crippen molar-refractivity contribution in [1.29, 1.82) is 0 Å². The van der Waals surface area contributed by atoms with Crippen molar-refractivity contribution in [3.63, 3.8) is 0 Å². The van der Waals surface area contributed by atoms with Gasteiger partial charge in [0, 0.05) is 37.4 Å². The molecule has 0 bridgehead atoms. The van der Waals surface area contributed by atoms with Crippen LogP contribution in [0.3, 0.4) is 0 Å². The average molecular weight is 522 g/mol. The summed E-state index contributed by atoms with van der Waals surface area (Å²) in [5.41, 5.74) is 1.54. The van der Waals surface area contributed by atoms with E-state index in [0.29, 0.717) is 49.7 Å². The second-order valence-electron chi connectivity index (χ2n) is 11.0. The Balaban J connectivity index is 1.43. The highest BCUT2D eigenvalue weighted by atomic mass is 35.5. The number of carbonyl (C=O) groups excluding carboxylic acids is 1. The zero-order valence-corrected chi connectivity index (χ0v) is 22.5. The van der Waals surface area contributed by atoms with Crippen molar-refractivity contribution < 1.29 is 19.4 Å². The maximum atomic E-state index is 13.4. The van der Waals surface area contributed by atoms with E-state index in [-0.39, 0.29) is 40.8 Å². The van der Waals surface area contributed by atoms with Gasteiger partial charge in [-0.15, -0.1) is 11.6 Å². The molecule has 200 valence electrons. The summed E-state index contributed by atoms with van der Waals surface area (Å²) in [7, 11) is 1.79. The molecular formula is C27H40ClN3O5. The number of carboxylic acid groups (broad SMARTS) is 1. The summed E-state index contributed by atoms with van der Waals surface area (Å²) in [6, 6.07) is 0.0218. The third kappa shape index (κ3) is 5.96. The van der Waals surface area contributed by atoms with Crippen molar-refractivity contribution >= 4 is 23.5 Å². The molecule has 1 aromatic rings. The van der Waals surface area contributed by atoms with Crippen molar-refractivity contribution in [2.24, 2.45) is 17.8 Å². The molecule has 1 N–H and O–H groups in total. The number of rotatable bonds is 7. The monoisotopic (exact) mass is 521 g/mol. The average Bonchev–Trinajstić information content (AvgIpc) is 2.86. The zero-order chi connectivity index (χ0) is 26.0. The number of carboxylic acids is 1. The minimum atomic E-state index is -0.693. The topological polar surface area (TPSA) is 102 Å². The van der Waals surface area contributed by atoms with Crippen molar-refractivity contribution in [2.45, 2.75) is 102 Å². The van der Waals surface area contributed by atoms with Gasteiger partial charge in [-0.1, -0.05) is 12.8 Å². The number of aryl methyl sites for hydroxylation is 2. The smallest absolute Gasteiger partial charge is 0.306 e. The summed E-state index contributed by atoms with van der Waals surface area (Å²) in [6.07, 6.45) is 8.12. The first kappa shape index (κ1) is 27.1. The number of ether oxygens (including phenoxy) is 1. The molecule has 36 heavy (non-hydrogen) atoms. The molecule has 0 radical (unpaired) electrons. The van der Waals surface area contributed by atoms with Gasteiger partial charge in [-0.3, -0.25) is 19.0 Å². The molecule has 0 aromatic carbocycles. The third-order valence-electron chi connectivity index (χ3n) is 8.82. The highest BCUT2D eigenvalue weighted by Crippen LogP contribution is 2.42. The quantitative estimate of drug-likeness (QED) is 0.550. The first-order valence-electron chi connectivity index (χ1n) is 13.5. The SMILES string of the molecule is CC(=O)N(C)C1CCc2nc(C)n(CCOC3CCC(Cl)CC3C3CCCC(C(=O)O)C3)c(=O)c2C1. The van der Waals surface area contributed by atoms with Crippen LogP contribution in [0.15, 0.2) is 4.79 Å². The molecule has 0 aliphatic heterocycles. The van der Waals surface area contributed by atoms with E-state index in [1.165, 1.54) is 0 Å². The lowest BCUT2D eigenvalue weighted by Crippen LogP contribution is -2.43. The largest absolute Gasteiger partial charge is 0.481 e. The molecule has 6 unspecified atom stereocenters. The molecule has 3 aliphatic carbocycles. The van der Waals surface area contributed by atoms with Crippen molar-refractivity contribution in [2.75, 3.05) is 13.7 Å². The van der Waals surface area contributed by atoms with Gasteiger partial charge >= 0.3 is 5.97 Å². The number of nitrogens with zero attached hydrogens (tertiary/aromatic N) is 3. The van der Waals surface area contributed by atoms with E-state index in [1.54, 1.807) is 23.4 Å². The van der Waals surface area contributed by atoms with E-state index < -0.39 is 5.97 Å². The van der Waals surface area contributed by atoms with E-state index in [0.717, 1.165) is 50.6 Å². The molecule has 4 rings (SSSR count). The summed E-state index contributed by atoms with van der Waals surface area (Å²) in [6.45, 7) is 4.25. The fourth-order valence-corrected chi connectivity index (χ4v) is 6.96. The number of aliphatic carboxylic acids is 1. The van der Waals surface area contributed by atoms with Gasteiger partial charge in [0.15, 0.2) is 0 Å². The second-order valence-corrected chi connectivity index (χ2v) is 11.6. The molecule has 0 saturated heterocycles. The molecule has 3 aliphatic rings. The van der Waals surface area contributed by atoms with Crippen LogP contribution in [-0.2, 0) is 33.7 Å². The Morgan fingerprint density at radius 1 is 1.19 bits per heavy atom. The molecule has 2 fully saturated rings. The van der Waals surface area contributed by atoms with Crippen LogP contribution >= 0.6 is 11.6 Å². The highest BCUT2D eigenvalue weighted by molar-refractivity contribution is 6.20. The number of hydrogen-bond acceptors (Lipinski definition) is 5. The Bertz CT molecular complexity index is 1030. The molecule has 0 spiro atoms. The first-order valence-corrected chi connectivity index (χ1v) is 13.9. The standard InChI is InChI=1S/C27H40ClN3O5/c1-16-29-24-9-8-21(30(3)17(2)32)15-23(24)26(33)31(16)11-12-36-25-10-7-20(28)14-22(25)18-5-4-6-19(13-18)27(34)35/h18-22,25H,4-15H2,1-3H3,(H,34,35). The first-order chi connectivity index (χ1) is 17.2. The Labute approximate surface area is 218 Å². The third-order valence-corrected chi connectivity index (χ3v) is 9.22. The van der Waals surface area contributed by atoms with Crippen LogP contribution in [0.2, 0.25) is 0 Å². The van der Waals surface area contributed by atoms with Crippen LogP contribution in [-0.4, -0.2) is 62.6 Å². The van der Waals surface area contributed by atoms with Gasteiger partial charge in [0.25, 0.3) is 5.56 Å². The Hall–Kier alpha value is -1.93. The van der Waals surface area contributed by atoms with Gasteiger partial charge in [-0.25, -0.2) is 4.98 Å². The summed E-state index contributed by atoms with van der Waals surface area (Å²) in [5.74, 6) is 0.308. The number of alkyl halides is 1. The van der Waals surface area contributed by atoms with Crippen LogP contribution in [0.5, 0.6) is 0 Å². The predicted molar refractivity (Wildman–Crippen MR) is 137 cm³/mol. The van der Waals surface area contributed by atoms with Gasteiger partial charge in [0.2, 0.25) is 5.91 Å². The second kappa shape index (κ2) is 11.6. The molecule has 2 saturated carbocycles. The van der Waals surface area contributed by atoms with Crippen molar-refractivity contribution in [3.05, 3.63) is 27.4 Å². The Kier molecular flexibility index (Phi) is 8.76. The van der Waals surface area contributed by atoms with Gasteiger partial charge < -0.3 is 14.7 Å². The predicted octanol–water partition coefficient (Wildman–Crippen LogP) is 3.57. The number of amides is 1. The number of aromatic nitrogens is 2. The van der Waals surface area contributed by atoms with Crippen LogP contribution in [0.1, 0.15) is 75.4 Å². The highest BCUT2D eigenvalue weighted by Gasteiger charge is 2.39. The Morgan fingerprint density at radius 3 is 2.69 bits per heavy atom. The Morgan fingerprint density at radius 2 is 1.97 bits per heavy atom. The lowest BCUT2D eigenvalue weighted by Gasteiger charge is -2.41. The van der Waals surface area contributed by atoms with Crippen molar-refractivity contribution in [1.82, 2.24) is 14.5 Å². The van der Waals surface area contributed by atoms with Crippen LogP contribution < -0.4 is 5.56 Å². The molecule has 1 amide bonds. The summed E-state index contributed by atoms with van der Waals surface area (Å²) in [4.78, 5) is 43.3. The van der Waals surface area contributed by atoms with E-state index in [4.69, 9.17) is 21.3 Å². The van der Waals surface area contributed by atoms with Gasteiger partial charge in [-0.05, 0) is 63.7 Å². The van der Waals surface area contributed by atoms with Crippen LogP contribution in [0.25, 0.3) is 0 Å². The number of halogens is 1. The van der Waals surface area contributed by atoms with Gasteiger partial charge in [0.05, 0.1) is 30.9 Å². The van der Waals surface area contributed by atoms with E-state index >= 15 is 0 Å². The lowest BCUT2D eigenvalue weighted by molar-refractivity contribution is -0.144. The van der Waals surface area contributed by atoms with E-state index in [1.807, 2.05) is 6.92 Å². The number of fused-ring (bicyclic) bond motifs is 1. The molecule has 6 atom stereocenters. The summed E-state index contributed by atoms with van der Waals surface area (Å²) >= 11 is 6.54. The minimum Gasteiger partial charge on any atom is -0.481 e. The van der Waals surface area contributed by atoms with Crippen LogP contribution in [0.4, 0.5) is 0 Å². The van der Waals surface area contributed by atoms with E-state index in [9.17, 15) is 19.5 Å². The number of carbonyl (C=O) groups is 2. The maximum absolute atomic E-state index is 13.4. The maximum Gasteiger partial charge on any atom is 0.306 e. The number of likely N-dealkylation sites (N-methyl/N-ethyl adjacent to an activating group) is 1.